The van der Waals surface area contributed by atoms with Gasteiger partial charge >= 0.3 is 0 Å². The van der Waals surface area contributed by atoms with Gasteiger partial charge in [-0.3, -0.25) is 9.69 Å². The highest BCUT2D eigenvalue weighted by Crippen LogP contribution is 2.41. The summed E-state index contributed by atoms with van der Waals surface area (Å²) in [5.74, 6) is 0.170. The molecule has 3 rings (SSSR count). The molecule has 0 heterocycles. The Kier molecular flexibility index (Phi) is 4.26. The average molecular weight is 300 g/mol. The van der Waals surface area contributed by atoms with Crippen molar-refractivity contribution in [1.82, 2.24) is 10.2 Å². The first-order valence-electron chi connectivity index (χ1n) is 8.65. The van der Waals surface area contributed by atoms with Crippen molar-refractivity contribution in [3.63, 3.8) is 0 Å². The summed E-state index contributed by atoms with van der Waals surface area (Å²) in [5.41, 5.74) is 2.80. The van der Waals surface area contributed by atoms with Crippen LogP contribution in [0.25, 0.3) is 0 Å². The molecule has 0 bridgehead atoms. The fourth-order valence-electron chi connectivity index (χ4n) is 3.45. The lowest BCUT2D eigenvalue weighted by Crippen LogP contribution is -2.48. The molecule has 0 saturated heterocycles. The zero-order chi connectivity index (χ0) is 15.7. The molecule has 2 aliphatic rings. The summed E-state index contributed by atoms with van der Waals surface area (Å²) >= 11 is 0. The van der Waals surface area contributed by atoms with Crippen molar-refractivity contribution in [3.05, 3.63) is 35.4 Å². The number of hydrogen-bond donors (Lipinski definition) is 1. The second-order valence-electron chi connectivity index (χ2n) is 7.44. The molecular formula is C19H28N2O. The summed E-state index contributed by atoms with van der Waals surface area (Å²) < 4.78 is 0. The number of nitrogens with zero attached hydrogens (tertiary/aromatic N) is 1. The Hall–Kier alpha value is -1.35. The molecule has 22 heavy (non-hydrogen) atoms. The third kappa shape index (κ3) is 3.35. The second kappa shape index (κ2) is 6.04. The van der Waals surface area contributed by atoms with Gasteiger partial charge in [0.15, 0.2) is 0 Å². The van der Waals surface area contributed by atoms with Gasteiger partial charge in [-0.15, -0.1) is 0 Å². The van der Waals surface area contributed by atoms with E-state index >= 15 is 0 Å². The highest BCUT2D eigenvalue weighted by atomic mass is 16.2. The van der Waals surface area contributed by atoms with Crippen LogP contribution >= 0.6 is 0 Å². The van der Waals surface area contributed by atoms with Gasteiger partial charge in [-0.2, -0.15) is 0 Å². The third-order valence-electron chi connectivity index (χ3n) is 5.21. The molecule has 1 aromatic rings. The minimum Gasteiger partial charge on any atom is -0.350 e. The lowest BCUT2D eigenvalue weighted by molar-refractivity contribution is -0.124. The molecule has 3 nitrogen and oxygen atoms in total. The van der Waals surface area contributed by atoms with E-state index in [0.717, 1.165) is 19.3 Å². The summed E-state index contributed by atoms with van der Waals surface area (Å²) in [6.45, 7) is 6.84. The Morgan fingerprint density at radius 3 is 2.68 bits per heavy atom. The van der Waals surface area contributed by atoms with E-state index in [4.69, 9.17) is 0 Å². The molecule has 1 aromatic carbocycles. The highest BCUT2D eigenvalue weighted by molar-refractivity contribution is 5.79. The zero-order valence-electron chi connectivity index (χ0n) is 14.1. The quantitative estimate of drug-likeness (QED) is 0.873. The lowest BCUT2D eigenvalue weighted by atomic mass is 10.0. The van der Waals surface area contributed by atoms with E-state index in [1.807, 2.05) is 0 Å². The van der Waals surface area contributed by atoms with Crippen molar-refractivity contribution < 1.29 is 4.79 Å². The van der Waals surface area contributed by atoms with Gasteiger partial charge in [-0.1, -0.05) is 31.2 Å². The van der Waals surface area contributed by atoms with Gasteiger partial charge in [-0.05, 0) is 57.1 Å². The Bertz CT molecular complexity index is 548. The maximum absolute atomic E-state index is 12.5. The Labute approximate surface area is 134 Å². The third-order valence-corrected chi connectivity index (χ3v) is 5.21. The van der Waals surface area contributed by atoms with E-state index in [1.165, 1.54) is 24.0 Å². The number of carbonyl (C=O) groups excluding carboxylic acids is 1. The monoisotopic (exact) mass is 300 g/mol. The Balaban J connectivity index is 1.71. The van der Waals surface area contributed by atoms with Gasteiger partial charge in [0.25, 0.3) is 0 Å². The molecule has 1 amide bonds. The smallest absolute Gasteiger partial charge is 0.234 e. The molecule has 1 fully saturated rings. The molecule has 1 saturated carbocycles. The van der Waals surface area contributed by atoms with E-state index in [9.17, 15) is 4.79 Å². The molecular weight excluding hydrogens is 272 g/mol. The number of benzene rings is 1. The molecule has 1 N–H and O–H groups in total. The summed E-state index contributed by atoms with van der Waals surface area (Å²) in [6.07, 6.45) is 5.73. The summed E-state index contributed by atoms with van der Waals surface area (Å²) in [7, 11) is 0. The minimum atomic E-state index is -0.111. The van der Waals surface area contributed by atoms with Crippen LogP contribution in [0.5, 0.6) is 0 Å². The number of fused-ring (bicyclic) bond motifs is 1. The highest BCUT2D eigenvalue weighted by Gasteiger charge is 2.38. The van der Waals surface area contributed by atoms with Crippen molar-refractivity contribution in [2.24, 2.45) is 0 Å². The van der Waals surface area contributed by atoms with Gasteiger partial charge < -0.3 is 5.32 Å². The molecule has 2 aliphatic carbocycles. The van der Waals surface area contributed by atoms with Crippen LogP contribution in [0.15, 0.2) is 24.3 Å². The van der Waals surface area contributed by atoms with Crippen LogP contribution in [0.4, 0.5) is 0 Å². The van der Waals surface area contributed by atoms with Gasteiger partial charge in [0.1, 0.15) is 0 Å². The number of amides is 1. The number of nitrogens with one attached hydrogen (secondary N) is 1. The Morgan fingerprint density at radius 1 is 1.27 bits per heavy atom. The molecule has 120 valence electrons. The molecule has 0 aromatic heterocycles. The summed E-state index contributed by atoms with van der Waals surface area (Å²) in [4.78, 5) is 14.9. The van der Waals surface area contributed by atoms with Gasteiger partial charge in [0.2, 0.25) is 5.91 Å². The van der Waals surface area contributed by atoms with Gasteiger partial charge in [-0.25, -0.2) is 0 Å². The molecule has 0 aliphatic heterocycles. The van der Waals surface area contributed by atoms with Crippen molar-refractivity contribution in [2.45, 2.75) is 70.5 Å². The zero-order valence-corrected chi connectivity index (χ0v) is 14.1. The fourth-order valence-corrected chi connectivity index (χ4v) is 3.45. The maximum atomic E-state index is 12.5. The molecule has 0 radical (unpaired) electrons. The van der Waals surface area contributed by atoms with Gasteiger partial charge in [0, 0.05) is 17.6 Å². The maximum Gasteiger partial charge on any atom is 0.234 e. The van der Waals surface area contributed by atoms with Crippen LogP contribution in [0.3, 0.4) is 0 Å². The fraction of sp³-hybridized carbons (Fsp3) is 0.632. The topological polar surface area (TPSA) is 32.3 Å². The van der Waals surface area contributed by atoms with Crippen LogP contribution in [0.1, 0.15) is 63.6 Å². The number of hydrogen-bond acceptors (Lipinski definition) is 2. The summed E-state index contributed by atoms with van der Waals surface area (Å²) in [5, 5.41) is 3.19. The summed E-state index contributed by atoms with van der Waals surface area (Å²) in [6, 6.07) is 9.77. The van der Waals surface area contributed by atoms with Gasteiger partial charge in [0.05, 0.1) is 6.54 Å². The van der Waals surface area contributed by atoms with Crippen LogP contribution < -0.4 is 5.32 Å². The lowest BCUT2D eigenvalue weighted by Gasteiger charge is -2.31. The minimum absolute atomic E-state index is 0.111. The van der Waals surface area contributed by atoms with Crippen molar-refractivity contribution >= 4 is 5.91 Å². The van der Waals surface area contributed by atoms with E-state index in [0.29, 0.717) is 18.6 Å². The number of carbonyl (C=O) groups is 1. The van der Waals surface area contributed by atoms with Crippen LogP contribution in [-0.2, 0) is 11.2 Å². The molecule has 1 atom stereocenters. The molecule has 0 spiro atoms. The van der Waals surface area contributed by atoms with E-state index in [2.05, 4.69) is 55.3 Å². The normalized spacial score (nSPS) is 21.0. The van der Waals surface area contributed by atoms with Crippen LogP contribution in [-0.4, -0.2) is 28.9 Å². The van der Waals surface area contributed by atoms with Crippen LogP contribution in [0.2, 0.25) is 0 Å². The first-order chi connectivity index (χ1) is 10.5. The number of aryl methyl sites for hydroxylation is 1. The predicted molar refractivity (Wildman–Crippen MR) is 89.7 cm³/mol. The van der Waals surface area contributed by atoms with E-state index in [-0.39, 0.29) is 11.4 Å². The van der Waals surface area contributed by atoms with Crippen LogP contribution in [0, 0.1) is 0 Å². The SMILES string of the molecule is CCC(C)(C)NC(=O)CN(C1CC1)[C@H]1CCc2ccccc21. The largest absolute Gasteiger partial charge is 0.350 e. The second-order valence-corrected chi connectivity index (χ2v) is 7.44. The van der Waals surface area contributed by atoms with Crippen molar-refractivity contribution in [2.75, 3.05) is 6.54 Å². The van der Waals surface area contributed by atoms with Crippen molar-refractivity contribution in [1.29, 1.82) is 0 Å². The number of rotatable bonds is 6. The first kappa shape index (κ1) is 15.5. The van der Waals surface area contributed by atoms with E-state index < -0.39 is 0 Å². The Morgan fingerprint density at radius 2 is 2.00 bits per heavy atom. The average Bonchev–Trinajstić information content (AvgIpc) is 3.24. The molecule has 3 heteroatoms. The van der Waals surface area contributed by atoms with E-state index in [1.54, 1.807) is 0 Å². The first-order valence-corrected chi connectivity index (χ1v) is 8.65. The van der Waals surface area contributed by atoms with Crippen molar-refractivity contribution in [3.8, 4) is 0 Å². The predicted octanol–water partition coefficient (Wildman–Crippen LogP) is 3.44. The molecule has 0 unspecified atom stereocenters. The standard InChI is InChI=1S/C19H28N2O/c1-4-19(2,3)20-18(22)13-21(15-10-11-15)17-12-9-14-7-5-6-8-16(14)17/h5-8,15,17H,4,9-13H2,1-3H3,(H,20,22)/t17-/m0/s1.